The van der Waals surface area contributed by atoms with E-state index >= 15 is 0 Å². The summed E-state index contributed by atoms with van der Waals surface area (Å²) in [7, 11) is 0. The van der Waals surface area contributed by atoms with Crippen molar-refractivity contribution >= 4 is 32.4 Å². The summed E-state index contributed by atoms with van der Waals surface area (Å²) in [6, 6.07) is 15.6. The Morgan fingerprint density at radius 3 is 2.43 bits per heavy atom. The van der Waals surface area contributed by atoms with Gasteiger partial charge in [-0.05, 0) is 41.1 Å². The van der Waals surface area contributed by atoms with Crippen molar-refractivity contribution in [3.63, 3.8) is 0 Å². The maximum Gasteiger partial charge on any atom is 0.131 e. The van der Waals surface area contributed by atoms with Crippen LogP contribution in [-0.4, -0.2) is 0 Å². The number of hydrogen-bond acceptors (Lipinski definition) is 1. The van der Waals surface area contributed by atoms with Crippen molar-refractivity contribution in [1.82, 2.24) is 0 Å². The second-order valence-corrected chi connectivity index (χ2v) is 5.71. The SMILES string of the molecule is Fc1ccc(CNc2ccc3cc(Br)ccc3c2)c(F)c1. The van der Waals surface area contributed by atoms with Gasteiger partial charge in [-0.2, -0.15) is 0 Å². The lowest BCUT2D eigenvalue weighted by atomic mass is 10.1. The van der Waals surface area contributed by atoms with Crippen LogP contribution in [0.3, 0.4) is 0 Å². The molecule has 0 heterocycles. The fourth-order valence-electron chi connectivity index (χ4n) is 2.19. The second-order valence-electron chi connectivity index (χ2n) is 4.80. The molecular formula is C17H12BrF2N. The van der Waals surface area contributed by atoms with Crippen molar-refractivity contribution in [3.8, 4) is 0 Å². The number of hydrogen-bond donors (Lipinski definition) is 1. The zero-order valence-electron chi connectivity index (χ0n) is 11.0. The third-order valence-corrected chi connectivity index (χ3v) is 3.79. The van der Waals surface area contributed by atoms with E-state index in [0.29, 0.717) is 12.1 Å². The quantitative estimate of drug-likeness (QED) is 0.660. The molecular weight excluding hydrogens is 336 g/mol. The molecule has 0 radical (unpaired) electrons. The van der Waals surface area contributed by atoms with E-state index in [9.17, 15) is 8.78 Å². The van der Waals surface area contributed by atoms with E-state index in [0.717, 1.165) is 27.0 Å². The molecule has 21 heavy (non-hydrogen) atoms. The summed E-state index contributed by atoms with van der Waals surface area (Å²) < 4.78 is 27.5. The van der Waals surface area contributed by atoms with Gasteiger partial charge in [0.15, 0.2) is 0 Å². The Hall–Kier alpha value is -1.94. The fraction of sp³-hybridized carbons (Fsp3) is 0.0588. The van der Waals surface area contributed by atoms with Gasteiger partial charge in [0.1, 0.15) is 11.6 Å². The molecule has 0 aliphatic heterocycles. The number of fused-ring (bicyclic) bond motifs is 1. The van der Waals surface area contributed by atoms with Gasteiger partial charge in [0.2, 0.25) is 0 Å². The fourth-order valence-corrected chi connectivity index (χ4v) is 2.57. The first-order valence-corrected chi connectivity index (χ1v) is 7.28. The number of nitrogens with one attached hydrogen (secondary N) is 1. The predicted octanol–water partition coefficient (Wildman–Crippen LogP) is 5.49. The van der Waals surface area contributed by atoms with Crippen molar-refractivity contribution in [1.29, 1.82) is 0 Å². The summed E-state index contributed by atoms with van der Waals surface area (Å²) in [6.07, 6.45) is 0. The average Bonchev–Trinajstić information content (AvgIpc) is 2.46. The summed E-state index contributed by atoms with van der Waals surface area (Å²) in [4.78, 5) is 0. The Morgan fingerprint density at radius 2 is 1.62 bits per heavy atom. The highest BCUT2D eigenvalue weighted by molar-refractivity contribution is 9.10. The Bertz CT molecular complexity index is 802. The highest BCUT2D eigenvalue weighted by Gasteiger charge is 2.04. The van der Waals surface area contributed by atoms with Gasteiger partial charge in [-0.1, -0.05) is 34.1 Å². The van der Waals surface area contributed by atoms with Gasteiger partial charge in [0.25, 0.3) is 0 Å². The molecule has 0 aromatic heterocycles. The summed E-state index contributed by atoms with van der Waals surface area (Å²) in [5.41, 5.74) is 1.33. The molecule has 4 heteroatoms. The number of rotatable bonds is 3. The lowest BCUT2D eigenvalue weighted by molar-refractivity contribution is 0.574. The third kappa shape index (κ3) is 3.22. The topological polar surface area (TPSA) is 12.0 Å². The molecule has 0 spiro atoms. The highest BCUT2D eigenvalue weighted by atomic mass is 79.9. The Kier molecular flexibility index (Phi) is 3.88. The van der Waals surface area contributed by atoms with E-state index in [4.69, 9.17) is 0 Å². The molecule has 0 aliphatic rings. The summed E-state index contributed by atoms with van der Waals surface area (Å²) in [5, 5.41) is 5.38. The van der Waals surface area contributed by atoms with Crippen LogP contribution in [0, 0.1) is 11.6 Å². The molecule has 0 saturated carbocycles. The monoisotopic (exact) mass is 347 g/mol. The minimum Gasteiger partial charge on any atom is -0.381 e. The number of halogens is 3. The largest absolute Gasteiger partial charge is 0.381 e. The molecule has 3 rings (SSSR count). The lowest BCUT2D eigenvalue weighted by Crippen LogP contribution is -2.02. The second kappa shape index (κ2) is 5.82. The van der Waals surface area contributed by atoms with Crippen molar-refractivity contribution in [2.75, 3.05) is 5.32 Å². The van der Waals surface area contributed by atoms with Crippen LogP contribution in [0.2, 0.25) is 0 Å². The van der Waals surface area contributed by atoms with E-state index in [1.807, 2.05) is 36.4 Å². The molecule has 0 fully saturated rings. The van der Waals surface area contributed by atoms with Gasteiger partial charge < -0.3 is 5.32 Å². The highest BCUT2D eigenvalue weighted by Crippen LogP contribution is 2.23. The average molecular weight is 348 g/mol. The molecule has 0 aliphatic carbocycles. The molecule has 106 valence electrons. The van der Waals surface area contributed by atoms with Crippen LogP contribution < -0.4 is 5.32 Å². The molecule has 0 bridgehead atoms. The van der Waals surface area contributed by atoms with E-state index in [1.165, 1.54) is 12.1 Å². The maximum atomic E-state index is 13.6. The van der Waals surface area contributed by atoms with Gasteiger partial charge in [-0.15, -0.1) is 0 Å². The third-order valence-electron chi connectivity index (χ3n) is 3.30. The zero-order valence-corrected chi connectivity index (χ0v) is 12.6. The minimum atomic E-state index is -0.562. The molecule has 3 aromatic carbocycles. The number of benzene rings is 3. The van der Waals surface area contributed by atoms with E-state index in [2.05, 4.69) is 21.2 Å². The van der Waals surface area contributed by atoms with Crippen LogP contribution in [0.15, 0.2) is 59.1 Å². The summed E-state index contributed by atoms with van der Waals surface area (Å²) in [6.45, 7) is 0.314. The van der Waals surface area contributed by atoms with Gasteiger partial charge in [-0.25, -0.2) is 8.78 Å². The van der Waals surface area contributed by atoms with E-state index in [1.54, 1.807) is 0 Å². The standard InChI is InChI=1S/C17H12BrF2N/c18-14-4-1-12-8-16(6-3-11(12)7-14)21-10-13-2-5-15(19)9-17(13)20/h1-9,21H,10H2. The summed E-state index contributed by atoms with van der Waals surface area (Å²) in [5.74, 6) is -1.10. The van der Waals surface area contributed by atoms with Crippen LogP contribution in [0.1, 0.15) is 5.56 Å². The van der Waals surface area contributed by atoms with Gasteiger partial charge in [0.05, 0.1) is 0 Å². The van der Waals surface area contributed by atoms with Gasteiger partial charge >= 0.3 is 0 Å². The molecule has 1 nitrogen and oxygen atoms in total. The summed E-state index contributed by atoms with van der Waals surface area (Å²) >= 11 is 3.44. The van der Waals surface area contributed by atoms with Crippen LogP contribution in [0.25, 0.3) is 10.8 Å². The molecule has 0 amide bonds. The minimum absolute atomic E-state index is 0.314. The van der Waals surface area contributed by atoms with E-state index in [-0.39, 0.29) is 0 Å². The van der Waals surface area contributed by atoms with E-state index < -0.39 is 11.6 Å². The van der Waals surface area contributed by atoms with Crippen LogP contribution >= 0.6 is 15.9 Å². The van der Waals surface area contributed by atoms with Crippen molar-refractivity contribution in [2.45, 2.75) is 6.54 Å². The molecule has 0 atom stereocenters. The van der Waals surface area contributed by atoms with Crippen molar-refractivity contribution in [2.24, 2.45) is 0 Å². The first kappa shape index (κ1) is 14.0. The number of anilines is 1. The Labute approximate surface area is 129 Å². The molecule has 1 N–H and O–H groups in total. The molecule has 0 saturated heterocycles. The van der Waals surface area contributed by atoms with Gasteiger partial charge in [0, 0.05) is 28.3 Å². The van der Waals surface area contributed by atoms with Crippen LogP contribution in [0.4, 0.5) is 14.5 Å². The first-order valence-electron chi connectivity index (χ1n) is 6.49. The predicted molar refractivity (Wildman–Crippen MR) is 85.3 cm³/mol. The van der Waals surface area contributed by atoms with Crippen molar-refractivity contribution in [3.05, 3.63) is 76.3 Å². The smallest absolute Gasteiger partial charge is 0.131 e. The van der Waals surface area contributed by atoms with Gasteiger partial charge in [-0.3, -0.25) is 0 Å². The Balaban J connectivity index is 1.80. The first-order chi connectivity index (χ1) is 10.1. The van der Waals surface area contributed by atoms with Crippen LogP contribution in [0.5, 0.6) is 0 Å². The molecule has 3 aromatic rings. The lowest BCUT2D eigenvalue weighted by Gasteiger charge is -2.09. The van der Waals surface area contributed by atoms with Crippen LogP contribution in [-0.2, 0) is 6.54 Å². The maximum absolute atomic E-state index is 13.6. The normalized spacial score (nSPS) is 10.8. The molecule has 0 unspecified atom stereocenters. The zero-order chi connectivity index (χ0) is 14.8. The van der Waals surface area contributed by atoms with Crippen molar-refractivity contribution < 1.29 is 8.78 Å². The Morgan fingerprint density at radius 1 is 0.857 bits per heavy atom.